The number of nitrogens with one attached hydrogen (secondary N) is 2. The molecule has 1 unspecified atom stereocenters. The van der Waals surface area contributed by atoms with Crippen LogP contribution in [0.1, 0.15) is 23.4 Å². The van der Waals surface area contributed by atoms with Gasteiger partial charge in [-0.05, 0) is 26.0 Å². The summed E-state index contributed by atoms with van der Waals surface area (Å²) in [6.45, 7) is 6.11. The maximum atomic E-state index is 14.3. The van der Waals surface area contributed by atoms with Crippen molar-refractivity contribution in [2.75, 3.05) is 26.7 Å². The average Bonchev–Trinajstić information content (AvgIpc) is 3.03. The maximum Gasteiger partial charge on any atom is 0.237 e. The molecular weight excluding hydrogens is 389 g/mol. The van der Waals surface area contributed by atoms with E-state index in [1.807, 2.05) is 29.5 Å². The zero-order chi connectivity index (χ0) is 21.7. The second kappa shape index (κ2) is 9.71. The number of carbonyl (C=O) groups excluding carboxylic acids is 2. The van der Waals surface area contributed by atoms with E-state index in [0.29, 0.717) is 37.5 Å². The molecule has 162 valence electrons. The third-order valence-electron chi connectivity index (χ3n) is 5.20. The Bertz CT molecular complexity index is 914. The molecule has 1 aromatic heterocycles. The Labute approximate surface area is 175 Å². The largest absolute Gasteiger partial charge is 0.497 e. The van der Waals surface area contributed by atoms with Crippen molar-refractivity contribution < 1.29 is 18.7 Å². The van der Waals surface area contributed by atoms with Crippen molar-refractivity contribution in [3.8, 4) is 5.75 Å². The van der Waals surface area contributed by atoms with Crippen molar-refractivity contribution >= 4 is 11.8 Å². The summed E-state index contributed by atoms with van der Waals surface area (Å²) in [6.07, 6.45) is 0.0146. The predicted octanol–water partition coefficient (Wildman–Crippen LogP) is 1.15. The highest BCUT2D eigenvalue weighted by atomic mass is 19.1. The minimum absolute atomic E-state index is 0.0146. The van der Waals surface area contributed by atoms with Crippen molar-refractivity contribution in [2.45, 2.75) is 39.4 Å². The molecule has 2 N–H and O–H groups in total. The minimum Gasteiger partial charge on any atom is -0.497 e. The highest BCUT2D eigenvalue weighted by molar-refractivity contribution is 5.88. The van der Waals surface area contributed by atoms with Gasteiger partial charge < -0.3 is 15.4 Å². The second-order valence-corrected chi connectivity index (χ2v) is 7.44. The van der Waals surface area contributed by atoms with Crippen LogP contribution in [-0.2, 0) is 22.7 Å². The number of aryl methyl sites for hydroxylation is 2. The van der Waals surface area contributed by atoms with Gasteiger partial charge in [-0.2, -0.15) is 5.10 Å². The molecule has 1 aliphatic rings. The summed E-state index contributed by atoms with van der Waals surface area (Å²) in [7, 11) is 1.48. The molecule has 0 aliphatic carbocycles. The highest BCUT2D eigenvalue weighted by Crippen LogP contribution is 2.20. The Morgan fingerprint density at radius 1 is 1.37 bits per heavy atom. The predicted molar refractivity (Wildman–Crippen MR) is 109 cm³/mol. The fraction of sp³-hybridized carbons (Fsp3) is 0.476. The number of ether oxygens (including phenoxy) is 1. The number of hydrogen-bond donors (Lipinski definition) is 2. The number of amides is 2. The van der Waals surface area contributed by atoms with Crippen LogP contribution in [0.15, 0.2) is 24.3 Å². The number of halogens is 1. The standard InChI is InChI=1S/C21H28FN5O3/c1-14-10-15(2)27(25-14)9-7-23-20(28)12-19-21(29)24-6-8-26(19)13-16-4-5-17(30-3)11-18(16)22/h4-5,10-11,19H,6-9,12-13H2,1-3H3,(H,23,28)(H,24,29). The van der Waals surface area contributed by atoms with Gasteiger partial charge in [-0.25, -0.2) is 4.39 Å². The van der Waals surface area contributed by atoms with Gasteiger partial charge in [0.05, 0.1) is 31.8 Å². The first-order chi connectivity index (χ1) is 14.4. The fourth-order valence-electron chi connectivity index (χ4n) is 3.63. The molecule has 8 nitrogen and oxygen atoms in total. The lowest BCUT2D eigenvalue weighted by atomic mass is 10.1. The summed E-state index contributed by atoms with van der Waals surface area (Å²) in [6, 6.07) is 5.98. The van der Waals surface area contributed by atoms with Crippen LogP contribution >= 0.6 is 0 Å². The Morgan fingerprint density at radius 3 is 2.83 bits per heavy atom. The van der Waals surface area contributed by atoms with Gasteiger partial charge in [0.2, 0.25) is 11.8 Å². The van der Waals surface area contributed by atoms with Gasteiger partial charge in [-0.3, -0.25) is 19.2 Å². The van der Waals surface area contributed by atoms with Gasteiger partial charge in [0.25, 0.3) is 0 Å². The molecule has 1 fully saturated rings. The van der Waals surface area contributed by atoms with Crippen molar-refractivity contribution in [2.24, 2.45) is 0 Å². The normalized spacial score (nSPS) is 16.9. The fourth-order valence-corrected chi connectivity index (χ4v) is 3.63. The zero-order valence-corrected chi connectivity index (χ0v) is 17.6. The molecule has 0 radical (unpaired) electrons. The highest BCUT2D eigenvalue weighted by Gasteiger charge is 2.32. The Hall–Kier alpha value is -2.94. The first-order valence-corrected chi connectivity index (χ1v) is 9.99. The average molecular weight is 417 g/mol. The topological polar surface area (TPSA) is 88.5 Å². The van der Waals surface area contributed by atoms with Crippen molar-refractivity contribution in [3.63, 3.8) is 0 Å². The van der Waals surface area contributed by atoms with Gasteiger partial charge >= 0.3 is 0 Å². The second-order valence-electron chi connectivity index (χ2n) is 7.44. The van der Waals surface area contributed by atoms with Crippen LogP contribution in [0.25, 0.3) is 0 Å². The lowest BCUT2D eigenvalue weighted by Gasteiger charge is -2.34. The van der Waals surface area contributed by atoms with Gasteiger partial charge in [0.15, 0.2) is 0 Å². The summed E-state index contributed by atoms with van der Waals surface area (Å²) in [5, 5.41) is 10.0. The van der Waals surface area contributed by atoms with E-state index < -0.39 is 11.9 Å². The molecule has 1 saturated heterocycles. The van der Waals surface area contributed by atoms with Gasteiger partial charge in [0, 0.05) is 43.5 Å². The number of carbonyl (C=O) groups is 2. The molecule has 1 aliphatic heterocycles. The first kappa shape index (κ1) is 21.8. The van der Waals surface area contributed by atoms with Crippen LogP contribution in [0.2, 0.25) is 0 Å². The lowest BCUT2D eigenvalue weighted by molar-refractivity contribution is -0.134. The van der Waals surface area contributed by atoms with Gasteiger partial charge in [-0.15, -0.1) is 0 Å². The molecule has 3 rings (SSSR count). The van der Waals surface area contributed by atoms with Crippen LogP contribution in [0.4, 0.5) is 4.39 Å². The number of benzene rings is 1. The summed E-state index contributed by atoms with van der Waals surface area (Å²) in [5.74, 6) is -0.401. The summed E-state index contributed by atoms with van der Waals surface area (Å²) >= 11 is 0. The number of piperazine rings is 1. The number of aromatic nitrogens is 2. The number of rotatable bonds is 8. The van der Waals surface area contributed by atoms with E-state index in [2.05, 4.69) is 15.7 Å². The van der Waals surface area contributed by atoms with E-state index in [9.17, 15) is 14.0 Å². The molecule has 2 aromatic rings. The van der Waals surface area contributed by atoms with E-state index in [1.165, 1.54) is 13.2 Å². The van der Waals surface area contributed by atoms with E-state index in [4.69, 9.17) is 4.74 Å². The van der Waals surface area contributed by atoms with Crippen LogP contribution < -0.4 is 15.4 Å². The van der Waals surface area contributed by atoms with Crippen molar-refractivity contribution in [1.82, 2.24) is 25.3 Å². The number of methoxy groups -OCH3 is 1. The quantitative estimate of drug-likeness (QED) is 0.673. The van der Waals surface area contributed by atoms with Crippen LogP contribution in [0, 0.1) is 19.7 Å². The first-order valence-electron chi connectivity index (χ1n) is 9.99. The molecule has 0 saturated carbocycles. The summed E-state index contributed by atoms with van der Waals surface area (Å²) < 4.78 is 21.2. The summed E-state index contributed by atoms with van der Waals surface area (Å²) in [5.41, 5.74) is 2.42. The summed E-state index contributed by atoms with van der Waals surface area (Å²) in [4.78, 5) is 26.7. The zero-order valence-electron chi connectivity index (χ0n) is 17.6. The lowest BCUT2D eigenvalue weighted by Crippen LogP contribution is -2.56. The van der Waals surface area contributed by atoms with Crippen molar-refractivity contribution in [3.05, 3.63) is 47.0 Å². The third kappa shape index (κ3) is 5.35. The third-order valence-corrected chi connectivity index (χ3v) is 5.20. The van der Waals surface area contributed by atoms with Crippen LogP contribution in [-0.4, -0.2) is 59.3 Å². The Balaban J connectivity index is 1.58. The van der Waals surface area contributed by atoms with E-state index in [1.54, 1.807) is 12.1 Å². The molecule has 9 heteroatoms. The monoisotopic (exact) mass is 417 g/mol. The molecule has 0 bridgehead atoms. The van der Waals surface area contributed by atoms with Gasteiger partial charge in [-0.1, -0.05) is 6.07 Å². The Kier molecular flexibility index (Phi) is 7.04. The molecular formula is C21H28FN5O3. The van der Waals surface area contributed by atoms with Gasteiger partial charge in [0.1, 0.15) is 11.6 Å². The van der Waals surface area contributed by atoms with E-state index in [-0.39, 0.29) is 24.8 Å². The molecule has 2 amide bonds. The number of hydrogen-bond acceptors (Lipinski definition) is 5. The Morgan fingerprint density at radius 2 is 2.17 bits per heavy atom. The molecule has 1 atom stereocenters. The SMILES string of the molecule is COc1ccc(CN2CCNC(=O)C2CC(=O)NCCn2nc(C)cc2C)c(F)c1. The number of nitrogens with zero attached hydrogens (tertiary/aromatic N) is 3. The molecule has 30 heavy (non-hydrogen) atoms. The van der Waals surface area contributed by atoms with Crippen molar-refractivity contribution in [1.29, 1.82) is 0 Å². The van der Waals surface area contributed by atoms with Crippen LogP contribution in [0.5, 0.6) is 5.75 Å². The maximum absolute atomic E-state index is 14.3. The van der Waals surface area contributed by atoms with E-state index >= 15 is 0 Å². The van der Waals surface area contributed by atoms with Crippen LogP contribution in [0.3, 0.4) is 0 Å². The van der Waals surface area contributed by atoms with E-state index in [0.717, 1.165) is 11.4 Å². The molecule has 1 aromatic carbocycles. The molecule has 2 heterocycles. The smallest absolute Gasteiger partial charge is 0.237 e. The molecule has 0 spiro atoms. The minimum atomic E-state index is -0.645.